The molecule has 0 amide bonds. The number of carbonyl (C=O) groups is 1. The van der Waals surface area contributed by atoms with E-state index in [9.17, 15) is 13.2 Å². The molecule has 1 rings (SSSR count). The molecule has 0 spiro atoms. The Morgan fingerprint density at radius 2 is 1.89 bits per heavy atom. The summed E-state index contributed by atoms with van der Waals surface area (Å²) >= 11 is 0. The lowest BCUT2D eigenvalue weighted by atomic mass is 10.1. The van der Waals surface area contributed by atoms with Crippen LogP contribution in [0.15, 0.2) is 29.2 Å². The fourth-order valence-corrected chi connectivity index (χ4v) is 2.22. The number of nitrogens with zero attached hydrogens (tertiary/aromatic N) is 1. The number of hydrogen-bond acceptors (Lipinski definition) is 4. The molecule has 0 fully saturated rings. The number of benzene rings is 1. The summed E-state index contributed by atoms with van der Waals surface area (Å²) < 4.78 is 22.2. The average Bonchev–Trinajstić information content (AvgIpc) is 2.28. The first-order valence-corrected chi connectivity index (χ1v) is 7.28. The van der Waals surface area contributed by atoms with Crippen molar-refractivity contribution in [2.24, 2.45) is 11.1 Å². The van der Waals surface area contributed by atoms with Crippen molar-refractivity contribution in [1.29, 1.82) is 0 Å². The van der Waals surface area contributed by atoms with Gasteiger partial charge in [-0.2, -0.15) is 0 Å². The van der Waals surface area contributed by atoms with E-state index in [2.05, 4.69) is 0 Å². The predicted octanol–water partition coefficient (Wildman–Crippen LogP) is 0.486. The minimum atomic E-state index is -3.67. The molecule has 0 bridgehead atoms. The molecule has 0 aromatic heterocycles. The van der Waals surface area contributed by atoms with E-state index >= 15 is 0 Å². The normalized spacial score (nSPS) is 13.5. The Bertz CT molecular complexity index is 539. The van der Waals surface area contributed by atoms with Crippen LogP contribution in [0.5, 0.6) is 0 Å². The number of rotatable bonds is 6. The quantitative estimate of drug-likeness (QED) is 0.792. The molecular weight excluding hydrogens is 268 g/mol. The van der Waals surface area contributed by atoms with Crippen molar-refractivity contribution >= 4 is 16.0 Å². The molecule has 1 aromatic rings. The number of hydrogen-bond donors (Lipinski definition) is 2. The van der Waals surface area contributed by atoms with Gasteiger partial charge in [0, 0.05) is 13.1 Å². The monoisotopic (exact) mass is 286 g/mol. The molecule has 0 aliphatic heterocycles. The Balaban J connectivity index is 2.66. The molecule has 1 aromatic carbocycles. The van der Waals surface area contributed by atoms with Gasteiger partial charge >= 0.3 is 5.97 Å². The van der Waals surface area contributed by atoms with Gasteiger partial charge in [-0.25, -0.2) is 13.6 Å². The number of aliphatic carboxylic acids is 1. The van der Waals surface area contributed by atoms with Gasteiger partial charge < -0.3 is 10.0 Å². The molecule has 0 aliphatic rings. The first-order valence-electron chi connectivity index (χ1n) is 5.73. The number of carboxylic acid groups (broad SMARTS) is 1. The van der Waals surface area contributed by atoms with E-state index in [4.69, 9.17) is 10.2 Å². The zero-order valence-corrected chi connectivity index (χ0v) is 11.7. The van der Waals surface area contributed by atoms with Gasteiger partial charge in [-0.3, -0.25) is 4.79 Å². The zero-order chi connectivity index (χ0) is 14.6. The molecule has 0 saturated carbocycles. The fourth-order valence-electron chi connectivity index (χ4n) is 1.71. The summed E-state index contributed by atoms with van der Waals surface area (Å²) in [7, 11) is -1.86. The number of carboxylic acids is 1. The summed E-state index contributed by atoms with van der Waals surface area (Å²) in [6.07, 6.45) is 0. The Morgan fingerprint density at radius 1 is 1.37 bits per heavy atom. The second-order valence-corrected chi connectivity index (χ2v) is 6.19. The standard InChI is InChI=1S/C12H18N2O4S/c1-9(12(15)16)7-14(2)8-10-3-5-11(6-4-10)19(13,17)18/h3-6,9H,7-8H2,1-2H3,(H,15,16)(H2,13,17,18). The summed E-state index contributed by atoms with van der Waals surface area (Å²) in [5.41, 5.74) is 0.896. The third-order valence-electron chi connectivity index (χ3n) is 2.71. The van der Waals surface area contributed by atoms with Crippen LogP contribution in [0.1, 0.15) is 12.5 Å². The highest BCUT2D eigenvalue weighted by Crippen LogP contribution is 2.11. The predicted molar refractivity (Wildman–Crippen MR) is 70.9 cm³/mol. The summed E-state index contributed by atoms with van der Waals surface area (Å²) in [5, 5.41) is 13.8. The molecule has 1 unspecified atom stereocenters. The lowest BCUT2D eigenvalue weighted by Crippen LogP contribution is -2.28. The van der Waals surface area contributed by atoms with E-state index in [0.717, 1.165) is 5.56 Å². The summed E-state index contributed by atoms with van der Waals surface area (Å²) in [6.45, 7) is 2.61. The van der Waals surface area contributed by atoms with Crippen LogP contribution in [-0.2, 0) is 21.4 Å². The molecule has 19 heavy (non-hydrogen) atoms. The molecule has 3 N–H and O–H groups in total. The Labute approximate surface area is 112 Å². The van der Waals surface area contributed by atoms with E-state index in [1.54, 1.807) is 19.1 Å². The van der Waals surface area contributed by atoms with Crippen LogP contribution in [0.3, 0.4) is 0 Å². The van der Waals surface area contributed by atoms with E-state index < -0.39 is 21.9 Å². The van der Waals surface area contributed by atoms with Crippen molar-refractivity contribution in [1.82, 2.24) is 4.90 Å². The molecule has 106 valence electrons. The van der Waals surface area contributed by atoms with Gasteiger partial charge in [-0.05, 0) is 24.7 Å². The van der Waals surface area contributed by atoms with E-state index in [1.807, 2.05) is 11.9 Å². The molecule has 7 heteroatoms. The Kier molecular flexibility index (Phi) is 5.04. The average molecular weight is 286 g/mol. The van der Waals surface area contributed by atoms with Gasteiger partial charge in [0.1, 0.15) is 0 Å². The largest absolute Gasteiger partial charge is 0.481 e. The second kappa shape index (κ2) is 6.14. The van der Waals surface area contributed by atoms with Crippen LogP contribution in [0.25, 0.3) is 0 Å². The van der Waals surface area contributed by atoms with Crippen LogP contribution in [0.2, 0.25) is 0 Å². The maximum atomic E-state index is 11.1. The molecule has 0 saturated heterocycles. The van der Waals surface area contributed by atoms with E-state index in [-0.39, 0.29) is 4.90 Å². The molecule has 0 heterocycles. The van der Waals surface area contributed by atoms with Crippen molar-refractivity contribution in [2.75, 3.05) is 13.6 Å². The van der Waals surface area contributed by atoms with Gasteiger partial charge in [-0.1, -0.05) is 19.1 Å². The van der Waals surface area contributed by atoms with Crippen molar-refractivity contribution in [3.8, 4) is 0 Å². The topological polar surface area (TPSA) is 101 Å². The van der Waals surface area contributed by atoms with Gasteiger partial charge in [0.2, 0.25) is 10.0 Å². The smallest absolute Gasteiger partial charge is 0.307 e. The summed E-state index contributed by atoms with van der Waals surface area (Å²) in [6, 6.07) is 6.22. The third kappa shape index (κ3) is 4.98. The van der Waals surface area contributed by atoms with Gasteiger partial charge in [0.25, 0.3) is 0 Å². The van der Waals surface area contributed by atoms with Crippen LogP contribution in [0, 0.1) is 5.92 Å². The lowest BCUT2D eigenvalue weighted by molar-refractivity contribution is -0.141. The van der Waals surface area contributed by atoms with Crippen molar-refractivity contribution in [2.45, 2.75) is 18.4 Å². The fraction of sp³-hybridized carbons (Fsp3) is 0.417. The molecule has 0 aliphatic carbocycles. The molecule has 1 atom stereocenters. The third-order valence-corrected chi connectivity index (χ3v) is 3.64. The van der Waals surface area contributed by atoms with Crippen LogP contribution < -0.4 is 5.14 Å². The minimum Gasteiger partial charge on any atom is -0.481 e. The highest BCUT2D eigenvalue weighted by molar-refractivity contribution is 7.89. The van der Waals surface area contributed by atoms with Crippen LogP contribution in [-0.4, -0.2) is 38.0 Å². The maximum absolute atomic E-state index is 11.1. The van der Waals surface area contributed by atoms with Gasteiger partial charge in [-0.15, -0.1) is 0 Å². The molecule has 6 nitrogen and oxygen atoms in total. The highest BCUT2D eigenvalue weighted by Gasteiger charge is 2.14. The van der Waals surface area contributed by atoms with Crippen LogP contribution in [0.4, 0.5) is 0 Å². The summed E-state index contributed by atoms with van der Waals surface area (Å²) in [4.78, 5) is 12.7. The van der Waals surface area contributed by atoms with Crippen molar-refractivity contribution in [3.63, 3.8) is 0 Å². The Hall–Kier alpha value is -1.44. The van der Waals surface area contributed by atoms with Gasteiger partial charge in [0.15, 0.2) is 0 Å². The summed E-state index contributed by atoms with van der Waals surface area (Å²) in [5.74, 6) is -1.29. The molecular formula is C12H18N2O4S. The first kappa shape index (κ1) is 15.6. The van der Waals surface area contributed by atoms with Crippen LogP contribution >= 0.6 is 0 Å². The van der Waals surface area contributed by atoms with E-state index in [1.165, 1.54) is 12.1 Å². The number of primary sulfonamides is 1. The second-order valence-electron chi connectivity index (χ2n) is 4.62. The SMILES string of the molecule is CC(CN(C)Cc1ccc(S(N)(=O)=O)cc1)C(=O)O. The van der Waals surface area contributed by atoms with Crippen molar-refractivity contribution < 1.29 is 18.3 Å². The van der Waals surface area contributed by atoms with E-state index in [0.29, 0.717) is 13.1 Å². The molecule has 0 radical (unpaired) electrons. The Morgan fingerprint density at radius 3 is 2.32 bits per heavy atom. The van der Waals surface area contributed by atoms with Gasteiger partial charge in [0.05, 0.1) is 10.8 Å². The maximum Gasteiger partial charge on any atom is 0.307 e. The number of sulfonamides is 1. The zero-order valence-electron chi connectivity index (χ0n) is 10.9. The highest BCUT2D eigenvalue weighted by atomic mass is 32.2. The lowest BCUT2D eigenvalue weighted by Gasteiger charge is -2.19. The minimum absolute atomic E-state index is 0.0674. The number of nitrogens with two attached hydrogens (primary N) is 1. The van der Waals surface area contributed by atoms with Crippen molar-refractivity contribution in [3.05, 3.63) is 29.8 Å². The first-order chi connectivity index (χ1) is 8.70.